The zero-order valence-corrected chi connectivity index (χ0v) is 10.8. The van der Waals surface area contributed by atoms with E-state index < -0.39 is 17.1 Å². The third-order valence-electron chi connectivity index (χ3n) is 3.00. The van der Waals surface area contributed by atoms with E-state index in [0.717, 1.165) is 4.90 Å². The lowest BCUT2D eigenvalue weighted by molar-refractivity contribution is 0.0924. The fourth-order valence-corrected chi connectivity index (χ4v) is 2.14. The number of nitrogens with zero attached hydrogens (tertiary/aromatic N) is 2. The fourth-order valence-electron chi connectivity index (χ4n) is 2.03. The van der Waals surface area contributed by atoms with Gasteiger partial charge < -0.3 is 0 Å². The molecule has 2 aromatic rings. The Morgan fingerprint density at radius 2 is 1.60 bits per heavy atom. The highest BCUT2D eigenvalue weighted by Gasteiger charge is 2.36. The minimum Gasteiger partial charge on any atom is -0.276 e. The quantitative estimate of drug-likeness (QED) is 0.627. The molecule has 1 aliphatic heterocycles. The maximum atomic E-state index is 12.2. The van der Waals surface area contributed by atoms with Crippen LogP contribution < -0.4 is 4.90 Å². The highest BCUT2D eigenvalue weighted by Crippen LogP contribution is 2.26. The minimum absolute atomic E-state index is 0.165. The average molecular weight is 287 g/mol. The van der Waals surface area contributed by atoms with Crippen molar-refractivity contribution in [2.24, 2.45) is 0 Å². The summed E-state index contributed by atoms with van der Waals surface area (Å²) in [5.74, 6) is -0.691. The number of amides is 2. The van der Waals surface area contributed by atoms with Crippen molar-refractivity contribution in [3.63, 3.8) is 0 Å². The molecule has 0 aliphatic carbocycles. The summed E-state index contributed by atoms with van der Waals surface area (Å²) in [4.78, 5) is 40.3. The van der Waals surface area contributed by atoms with Crippen molar-refractivity contribution < 1.29 is 14.4 Å². The molecule has 0 saturated carbocycles. The molecule has 0 spiro atoms. The van der Waals surface area contributed by atoms with Gasteiger partial charge in [0, 0.05) is 6.20 Å². The van der Waals surface area contributed by atoms with Crippen molar-refractivity contribution in [2.75, 3.05) is 4.90 Å². The van der Waals surface area contributed by atoms with Crippen LogP contribution in [0.3, 0.4) is 0 Å². The number of pyridine rings is 1. The smallest absolute Gasteiger partial charge is 0.267 e. The third kappa shape index (κ3) is 1.80. The Morgan fingerprint density at radius 3 is 2.05 bits per heavy atom. The Balaban J connectivity index is 2.02. The molecule has 0 radical (unpaired) electrons. The molecule has 1 aliphatic rings. The van der Waals surface area contributed by atoms with Crippen LogP contribution in [0, 0.1) is 0 Å². The molecule has 20 heavy (non-hydrogen) atoms. The van der Waals surface area contributed by atoms with Crippen molar-refractivity contribution in [3.05, 3.63) is 59.3 Å². The zero-order valence-electron chi connectivity index (χ0n) is 10.0. The highest BCUT2D eigenvalue weighted by atomic mass is 35.5. The number of imide groups is 1. The number of rotatable bonds is 2. The van der Waals surface area contributed by atoms with Crippen LogP contribution in [0.5, 0.6) is 0 Å². The number of carbonyl (C=O) groups is 3. The first-order valence-corrected chi connectivity index (χ1v) is 6.11. The molecule has 6 heteroatoms. The van der Waals surface area contributed by atoms with Gasteiger partial charge in [-0.3, -0.25) is 14.4 Å². The van der Waals surface area contributed by atoms with Crippen molar-refractivity contribution in [1.82, 2.24) is 4.98 Å². The maximum absolute atomic E-state index is 12.2. The van der Waals surface area contributed by atoms with Crippen LogP contribution >= 0.6 is 11.6 Å². The van der Waals surface area contributed by atoms with E-state index in [4.69, 9.17) is 11.6 Å². The Bertz CT molecular complexity index is 705. The lowest BCUT2D eigenvalue weighted by atomic mass is 10.1. The van der Waals surface area contributed by atoms with E-state index >= 15 is 0 Å². The summed E-state index contributed by atoms with van der Waals surface area (Å²) in [7, 11) is 0. The molecule has 0 unspecified atom stereocenters. The van der Waals surface area contributed by atoms with Gasteiger partial charge in [0.1, 0.15) is 5.82 Å². The largest absolute Gasteiger partial charge is 0.276 e. The molecule has 1 aromatic carbocycles. The van der Waals surface area contributed by atoms with Crippen LogP contribution in [0.1, 0.15) is 31.1 Å². The number of fused-ring (bicyclic) bond motifs is 1. The van der Waals surface area contributed by atoms with Gasteiger partial charge >= 0.3 is 0 Å². The molecule has 0 bridgehead atoms. The number of carbonyl (C=O) groups excluding carboxylic acids is 3. The average Bonchev–Trinajstić information content (AvgIpc) is 2.72. The van der Waals surface area contributed by atoms with Gasteiger partial charge in [-0.1, -0.05) is 12.1 Å². The van der Waals surface area contributed by atoms with Gasteiger partial charge in [-0.05, 0) is 35.9 Å². The van der Waals surface area contributed by atoms with Crippen LogP contribution in [0.15, 0.2) is 42.6 Å². The molecular weight excluding hydrogens is 280 g/mol. The van der Waals surface area contributed by atoms with Gasteiger partial charge in [0.25, 0.3) is 17.1 Å². The fraction of sp³-hybridized carbons (Fsp3) is 0. The topological polar surface area (TPSA) is 67.3 Å². The summed E-state index contributed by atoms with van der Waals surface area (Å²) in [5, 5.41) is -0.647. The summed E-state index contributed by atoms with van der Waals surface area (Å²) >= 11 is 5.32. The SMILES string of the molecule is O=C(Cl)c1ccc(N2C(=O)c3ccccc3C2=O)nc1. The monoisotopic (exact) mass is 286 g/mol. The Kier molecular flexibility index (Phi) is 2.84. The molecular formula is C14H7ClN2O3. The number of anilines is 1. The van der Waals surface area contributed by atoms with Crippen molar-refractivity contribution >= 4 is 34.5 Å². The van der Waals surface area contributed by atoms with Crippen LogP contribution in [-0.4, -0.2) is 22.0 Å². The Hall–Kier alpha value is -2.53. The lowest BCUT2D eigenvalue weighted by Crippen LogP contribution is -2.30. The molecule has 1 aromatic heterocycles. The molecule has 5 nitrogen and oxygen atoms in total. The van der Waals surface area contributed by atoms with Gasteiger partial charge in [0.2, 0.25) is 0 Å². The Labute approximate surface area is 118 Å². The van der Waals surface area contributed by atoms with E-state index in [-0.39, 0.29) is 11.4 Å². The summed E-state index contributed by atoms with van der Waals surface area (Å²) in [6.07, 6.45) is 1.23. The van der Waals surface area contributed by atoms with E-state index in [2.05, 4.69) is 4.98 Å². The predicted molar refractivity (Wildman–Crippen MR) is 72.0 cm³/mol. The van der Waals surface area contributed by atoms with Crippen LogP contribution in [0.2, 0.25) is 0 Å². The van der Waals surface area contributed by atoms with E-state index in [1.54, 1.807) is 24.3 Å². The highest BCUT2D eigenvalue weighted by molar-refractivity contribution is 6.67. The van der Waals surface area contributed by atoms with Gasteiger partial charge in [-0.2, -0.15) is 0 Å². The van der Waals surface area contributed by atoms with E-state index in [9.17, 15) is 14.4 Å². The maximum Gasteiger partial charge on any atom is 0.267 e. The van der Waals surface area contributed by atoms with Crippen molar-refractivity contribution in [1.29, 1.82) is 0 Å². The summed E-state index contributed by atoms with van der Waals surface area (Å²) in [6.45, 7) is 0. The molecule has 0 saturated heterocycles. The van der Waals surface area contributed by atoms with E-state index in [1.165, 1.54) is 18.3 Å². The Morgan fingerprint density at radius 1 is 1.00 bits per heavy atom. The molecule has 2 heterocycles. The molecule has 0 fully saturated rings. The summed E-state index contributed by atoms with van der Waals surface area (Å²) in [6, 6.07) is 9.39. The zero-order chi connectivity index (χ0) is 14.3. The number of hydrogen-bond acceptors (Lipinski definition) is 4. The van der Waals surface area contributed by atoms with Gasteiger partial charge in [0.15, 0.2) is 0 Å². The molecule has 3 rings (SSSR count). The van der Waals surface area contributed by atoms with E-state index in [1.807, 2.05) is 0 Å². The lowest BCUT2D eigenvalue weighted by Gasteiger charge is -2.12. The van der Waals surface area contributed by atoms with Gasteiger partial charge in [0.05, 0.1) is 16.7 Å². The number of hydrogen-bond donors (Lipinski definition) is 0. The first-order valence-electron chi connectivity index (χ1n) is 5.73. The molecule has 98 valence electrons. The van der Waals surface area contributed by atoms with E-state index in [0.29, 0.717) is 11.1 Å². The van der Waals surface area contributed by atoms with Crippen molar-refractivity contribution in [3.8, 4) is 0 Å². The third-order valence-corrected chi connectivity index (χ3v) is 3.22. The standard InChI is InChI=1S/C14H7ClN2O3/c15-12(18)8-5-6-11(16-7-8)17-13(19)9-3-1-2-4-10(9)14(17)20/h1-7H. The van der Waals surface area contributed by atoms with Crippen LogP contribution in [-0.2, 0) is 0 Å². The number of halogens is 1. The van der Waals surface area contributed by atoms with Gasteiger partial charge in [-0.25, -0.2) is 9.88 Å². The first-order chi connectivity index (χ1) is 9.59. The van der Waals surface area contributed by atoms with Crippen molar-refractivity contribution in [2.45, 2.75) is 0 Å². The minimum atomic E-state index is -0.647. The van der Waals surface area contributed by atoms with Gasteiger partial charge in [-0.15, -0.1) is 0 Å². The second kappa shape index (κ2) is 4.54. The molecule has 2 amide bonds. The first kappa shape index (κ1) is 12.5. The predicted octanol–water partition coefficient (Wildman–Crippen LogP) is 2.26. The number of benzene rings is 1. The summed E-state index contributed by atoms with van der Waals surface area (Å²) < 4.78 is 0. The second-order valence-corrected chi connectivity index (χ2v) is 4.51. The second-order valence-electron chi connectivity index (χ2n) is 4.17. The molecule has 0 atom stereocenters. The molecule has 0 N–H and O–H groups in total. The summed E-state index contributed by atoms with van der Waals surface area (Å²) in [5.41, 5.74) is 0.889. The van der Waals surface area contributed by atoms with Crippen LogP contribution in [0.25, 0.3) is 0 Å². The van der Waals surface area contributed by atoms with Crippen LogP contribution in [0.4, 0.5) is 5.82 Å². The number of aromatic nitrogens is 1. The normalized spacial score (nSPS) is 13.6.